The van der Waals surface area contributed by atoms with E-state index in [4.69, 9.17) is 0 Å². The fourth-order valence-corrected chi connectivity index (χ4v) is 4.26. The number of nitrogens with zero attached hydrogens (tertiary/aromatic N) is 4. The fourth-order valence-electron chi connectivity index (χ4n) is 4.26. The number of aryl methyl sites for hydroxylation is 1. The molecule has 1 heterocycles. The third kappa shape index (κ3) is 2.67. The summed E-state index contributed by atoms with van der Waals surface area (Å²) in [5, 5.41) is 23.3. The Morgan fingerprint density at radius 2 is 2.08 bits per heavy atom. The fraction of sp³-hybridized carbons (Fsp3) is 0.556. The number of nitro groups is 1. The van der Waals surface area contributed by atoms with Gasteiger partial charge in [-0.05, 0) is 49.7 Å². The highest BCUT2D eigenvalue weighted by atomic mass is 16.6. The van der Waals surface area contributed by atoms with Crippen LogP contribution >= 0.6 is 0 Å². The molecule has 7 heteroatoms. The van der Waals surface area contributed by atoms with Gasteiger partial charge < -0.3 is 9.88 Å². The van der Waals surface area contributed by atoms with Crippen LogP contribution in [-0.2, 0) is 12.5 Å². The Bertz CT molecular complexity index is 806. The molecule has 0 aliphatic heterocycles. The number of hydrogen-bond acceptors (Lipinski definition) is 5. The molecule has 132 valence electrons. The highest BCUT2D eigenvalue weighted by Crippen LogP contribution is 2.52. The lowest BCUT2D eigenvalue weighted by Crippen LogP contribution is -2.43. The van der Waals surface area contributed by atoms with Gasteiger partial charge in [0.15, 0.2) is 0 Å². The van der Waals surface area contributed by atoms with Gasteiger partial charge in [-0.2, -0.15) is 0 Å². The molecule has 0 saturated heterocycles. The van der Waals surface area contributed by atoms with Crippen LogP contribution in [0.15, 0.2) is 24.5 Å². The molecule has 25 heavy (non-hydrogen) atoms. The van der Waals surface area contributed by atoms with Gasteiger partial charge in [-0.25, -0.2) is 0 Å². The highest BCUT2D eigenvalue weighted by Gasteiger charge is 2.48. The van der Waals surface area contributed by atoms with Gasteiger partial charge in [-0.15, -0.1) is 10.2 Å². The first-order chi connectivity index (χ1) is 12.0. The summed E-state index contributed by atoms with van der Waals surface area (Å²) in [6.45, 7) is 2.21. The predicted octanol–water partition coefficient (Wildman–Crippen LogP) is 3.40. The van der Waals surface area contributed by atoms with Crippen LogP contribution in [-0.4, -0.2) is 25.7 Å². The number of aromatic nitrogens is 3. The van der Waals surface area contributed by atoms with E-state index in [0.717, 1.165) is 42.8 Å². The van der Waals surface area contributed by atoms with Crippen molar-refractivity contribution in [1.29, 1.82) is 0 Å². The zero-order chi connectivity index (χ0) is 17.6. The molecule has 2 aliphatic rings. The minimum absolute atomic E-state index is 0.139. The largest absolute Gasteiger partial charge is 0.382 e. The van der Waals surface area contributed by atoms with Gasteiger partial charge >= 0.3 is 0 Å². The first-order valence-electron chi connectivity index (χ1n) is 8.89. The Hall–Kier alpha value is -2.44. The lowest BCUT2D eigenvalue weighted by Gasteiger charge is -2.46. The smallest absolute Gasteiger partial charge is 0.271 e. The Kier molecular flexibility index (Phi) is 3.74. The average molecular weight is 341 g/mol. The molecule has 0 radical (unpaired) electrons. The zero-order valence-corrected chi connectivity index (χ0v) is 14.6. The van der Waals surface area contributed by atoms with Crippen LogP contribution < -0.4 is 5.32 Å². The van der Waals surface area contributed by atoms with Crippen LogP contribution in [0.4, 0.5) is 11.4 Å². The Balaban J connectivity index is 1.78. The van der Waals surface area contributed by atoms with E-state index in [2.05, 4.69) is 28.5 Å². The summed E-state index contributed by atoms with van der Waals surface area (Å²) in [5.41, 5.74) is 1.67. The number of rotatable bonds is 5. The van der Waals surface area contributed by atoms with E-state index in [0.29, 0.717) is 12.0 Å². The molecule has 1 aromatic heterocycles. The molecule has 0 spiro atoms. The third-order valence-corrected chi connectivity index (χ3v) is 5.69. The van der Waals surface area contributed by atoms with Crippen molar-refractivity contribution >= 4 is 11.4 Å². The van der Waals surface area contributed by atoms with Crippen LogP contribution in [0.2, 0.25) is 0 Å². The van der Waals surface area contributed by atoms with Crippen LogP contribution in [0.25, 0.3) is 0 Å². The van der Waals surface area contributed by atoms with E-state index in [-0.39, 0.29) is 16.0 Å². The molecule has 1 aromatic carbocycles. The lowest BCUT2D eigenvalue weighted by molar-refractivity contribution is -0.384. The maximum absolute atomic E-state index is 11.5. The minimum atomic E-state index is -0.304. The van der Waals surface area contributed by atoms with Gasteiger partial charge in [0.2, 0.25) is 0 Å². The number of nitrogens with one attached hydrogen (secondary N) is 1. The molecule has 2 aromatic rings. The van der Waals surface area contributed by atoms with E-state index in [1.165, 1.54) is 6.42 Å². The highest BCUT2D eigenvalue weighted by molar-refractivity contribution is 5.58. The molecule has 7 nitrogen and oxygen atoms in total. The number of nitro benzene ring substituents is 1. The molecule has 2 saturated carbocycles. The van der Waals surface area contributed by atoms with Gasteiger partial charge in [0.1, 0.15) is 12.2 Å². The van der Waals surface area contributed by atoms with Gasteiger partial charge in [0.05, 0.1) is 10.3 Å². The topological polar surface area (TPSA) is 85.9 Å². The quantitative estimate of drug-likeness (QED) is 0.665. The van der Waals surface area contributed by atoms with Crippen molar-refractivity contribution in [3.8, 4) is 0 Å². The van der Waals surface area contributed by atoms with Crippen molar-refractivity contribution < 1.29 is 4.92 Å². The summed E-state index contributed by atoms with van der Waals surface area (Å²) in [6.07, 6.45) is 7.05. The van der Waals surface area contributed by atoms with Gasteiger partial charge in [-0.1, -0.05) is 6.92 Å². The maximum atomic E-state index is 11.5. The second kappa shape index (κ2) is 5.82. The molecule has 0 amide bonds. The predicted molar refractivity (Wildman–Crippen MR) is 94.5 cm³/mol. The summed E-state index contributed by atoms with van der Waals surface area (Å²) in [6, 6.07) is 5.87. The van der Waals surface area contributed by atoms with Crippen molar-refractivity contribution in [1.82, 2.24) is 14.8 Å². The molecular weight excluding hydrogens is 318 g/mol. The molecule has 0 unspecified atom stereocenters. The molecule has 4 rings (SSSR count). The van der Waals surface area contributed by atoms with Gasteiger partial charge in [-0.3, -0.25) is 10.1 Å². The normalized spacial score (nSPS) is 25.9. The Labute approximate surface area is 146 Å². The van der Waals surface area contributed by atoms with Crippen molar-refractivity contribution in [2.45, 2.75) is 50.5 Å². The maximum Gasteiger partial charge on any atom is 0.271 e. The Morgan fingerprint density at radius 3 is 2.60 bits per heavy atom. The second-order valence-corrected chi connectivity index (χ2v) is 7.66. The van der Waals surface area contributed by atoms with Gasteiger partial charge in [0.25, 0.3) is 5.69 Å². The minimum Gasteiger partial charge on any atom is -0.382 e. The SMILES string of the molecule is CC1CC(c2cc(NC3CCC3)cc([N+](=O)[O-])c2)(c2nncn2C)C1. The number of benzene rings is 1. The van der Waals surface area contributed by atoms with Crippen LogP contribution in [0.3, 0.4) is 0 Å². The average Bonchev–Trinajstić information content (AvgIpc) is 2.93. The monoisotopic (exact) mass is 341 g/mol. The summed E-state index contributed by atoms with van der Waals surface area (Å²) in [7, 11) is 1.94. The lowest BCUT2D eigenvalue weighted by atomic mass is 9.58. The van der Waals surface area contributed by atoms with Gasteiger partial charge in [0, 0.05) is 30.9 Å². The summed E-state index contributed by atoms with van der Waals surface area (Å²) >= 11 is 0. The Morgan fingerprint density at radius 1 is 1.32 bits per heavy atom. The molecule has 0 atom stereocenters. The molecule has 1 N–H and O–H groups in total. The van der Waals surface area contributed by atoms with E-state index in [9.17, 15) is 10.1 Å². The van der Waals surface area contributed by atoms with Crippen LogP contribution in [0, 0.1) is 16.0 Å². The summed E-state index contributed by atoms with van der Waals surface area (Å²) in [4.78, 5) is 11.2. The molecular formula is C18H23N5O2. The standard InChI is InChI=1S/C18H23N5O2/c1-12-9-18(10-12,17-21-19-11-22(17)2)13-6-15(20-14-4-3-5-14)8-16(7-13)23(24)25/h6-8,11-12,14,20H,3-5,9-10H2,1-2H3. The van der Waals surface area contributed by atoms with E-state index in [1.807, 2.05) is 11.6 Å². The summed E-state index contributed by atoms with van der Waals surface area (Å²) in [5.74, 6) is 1.46. The van der Waals surface area contributed by atoms with Crippen molar-refractivity contribution in [3.05, 3.63) is 46.0 Å². The van der Waals surface area contributed by atoms with E-state index < -0.39 is 0 Å². The second-order valence-electron chi connectivity index (χ2n) is 7.66. The number of hydrogen-bond donors (Lipinski definition) is 1. The van der Waals surface area contributed by atoms with E-state index >= 15 is 0 Å². The van der Waals surface area contributed by atoms with Crippen molar-refractivity contribution in [3.63, 3.8) is 0 Å². The van der Waals surface area contributed by atoms with Crippen LogP contribution in [0.5, 0.6) is 0 Å². The third-order valence-electron chi connectivity index (χ3n) is 5.69. The zero-order valence-electron chi connectivity index (χ0n) is 14.6. The summed E-state index contributed by atoms with van der Waals surface area (Å²) < 4.78 is 1.93. The molecule has 2 aliphatic carbocycles. The first kappa shape index (κ1) is 16.1. The van der Waals surface area contributed by atoms with Crippen molar-refractivity contribution in [2.75, 3.05) is 5.32 Å². The van der Waals surface area contributed by atoms with E-state index in [1.54, 1.807) is 18.5 Å². The van der Waals surface area contributed by atoms with Crippen LogP contribution in [0.1, 0.15) is 50.4 Å². The molecule has 0 bridgehead atoms. The van der Waals surface area contributed by atoms with Crippen molar-refractivity contribution in [2.24, 2.45) is 13.0 Å². The molecule has 2 fully saturated rings. The number of anilines is 1. The first-order valence-corrected chi connectivity index (χ1v) is 8.89. The number of non-ortho nitro benzene ring substituents is 1.